The van der Waals surface area contributed by atoms with Crippen LogP contribution < -0.4 is 19.5 Å². The highest BCUT2D eigenvalue weighted by molar-refractivity contribution is 6.76. The summed E-state index contributed by atoms with van der Waals surface area (Å²) in [6, 6.07) is 19.1. The van der Waals surface area contributed by atoms with Gasteiger partial charge in [-0.25, -0.2) is 9.38 Å². The fourth-order valence-corrected chi connectivity index (χ4v) is 3.82. The molecule has 110 valence electrons. The molecule has 4 heteroatoms. The molecule has 0 spiro atoms. The highest BCUT2D eigenvalue weighted by atomic mass is 16.5. The first-order chi connectivity index (χ1) is 11.3. The molecular formula is C19H16BN2O+. The first-order valence-electron chi connectivity index (χ1n) is 7.89. The lowest BCUT2D eigenvalue weighted by molar-refractivity contribution is -0.657. The summed E-state index contributed by atoms with van der Waals surface area (Å²) in [7, 11) is 1.98. The molecule has 0 saturated carbocycles. The summed E-state index contributed by atoms with van der Waals surface area (Å²) in [5, 5.41) is 0. The molecule has 0 aliphatic carbocycles. The van der Waals surface area contributed by atoms with Gasteiger partial charge in [0.2, 0.25) is 0 Å². The molecule has 0 atom stereocenters. The molecule has 2 aliphatic rings. The first kappa shape index (κ1) is 12.8. The molecule has 0 fully saturated rings. The monoisotopic (exact) mass is 299 g/mol. The maximum absolute atomic E-state index is 6.34. The van der Waals surface area contributed by atoms with Gasteiger partial charge in [0.15, 0.2) is 5.75 Å². The van der Waals surface area contributed by atoms with Gasteiger partial charge in [-0.3, -0.25) is 0 Å². The van der Waals surface area contributed by atoms with Crippen molar-refractivity contribution >= 4 is 24.0 Å². The van der Waals surface area contributed by atoms with Crippen molar-refractivity contribution < 1.29 is 9.22 Å². The van der Waals surface area contributed by atoms with Crippen LogP contribution in [0, 0.1) is 6.92 Å². The first-order valence-corrected chi connectivity index (χ1v) is 7.89. The van der Waals surface area contributed by atoms with Crippen molar-refractivity contribution in [3.8, 4) is 16.9 Å². The summed E-state index contributed by atoms with van der Waals surface area (Å²) in [5.74, 6) is 2.05. The zero-order valence-corrected chi connectivity index (χ0v) is 13.2. The molecule has 2 aliphatic heterocycles. The molecule has 1 aromatic heterocycles. The molecule has 2 aromatic carbocycles. The minimum Gasteiger partial charge on any atom is -0.512 e. The average Bonchev–Trinajstić information content (AvgIpc) is 2.96. The van der Waals surface area contributed by atoms with E-state index in [2.05, 4.69) is 72.0 Å². The van der Waals surface area contributed by atoms with Crippen LogP contribution in [0.5, 0.6) is 5.75 Å². The van der Waals surface area contributed by atoms with E-state index < -0.39 is 0 Å². The Morgan fingerprint density at radius 2 is 1.78 bits per heavy atom. The molecule has 0 amide bonds. The van der Waals surface area contributed by atoms with E-state index >= 15 is 0 Å². The van der Waals surface area contributed by atoms with E-state index in [4.69, 9.17) is 4.65 Å². The van der Waals surface area contributed by atoms with Crippen LogP contribution in [0.2, 0.25) is 0 Å². The predicted octanol–water partition coefficient (Wildman–Crippen LogP) is 2.73. The summed E-state index contributed by atoms with van der Waals surface area (Å²) >= 11 is 0. The zero-order valence-electron chi connectivity index (χ0n) is 13.2. The fraction of sp³-hybridized carbons (Fsp3) is 0.105. The Hall–Kier alpha value is -2.75. The van der Waals surface area contributed by atoms with E-state index in [1.165, 1.54) is 27.8 Å². The van der Waals surface area contributed by atoms with Gasteiger partial charge in [-0.1, -0.05) is 42.5 Å². The quantitative estimate of drug-likeness (QED) is 0.469. The van der Waals surface area contributed by atoms with Crippen molar-refractivity contribution in [1.82, 2.24) is 0 Å². The smallest absolute Gasteiger partial charge is 0.512 e. The molecular weight excluding hydrogens is 283 g/mol. The summed E-state index contributed by atoms with van der Waals surface area (Å²) in [6.07, 6.45) is 2.07. The van der Waals surface area contributed by atoms with Crippen LogP contribution in [0.4, 0.5) is 11.5 Å². The molecule has 3 heterocycles. The van der Waals surface area contributed by atoms with E-state index in [0.29, 0.717) is 0 Å². The van der Waals surface area contributed by atoms with Crippen molar-refractivity contribution in [2.45, 2.75) is 6.92 Å². The van der Waals surface area contributed by atoms with Gasteiger partial charge in [-0.2, -0.15) is 0 Å². The predicted molar refractivity (Wildman–Crippen MR) is 92.4 cm³/mol. The van der Waals surface area contributed by atoms with Crippen molar-refractivity contribution in [3.63, 3.8) is 0 Å². The number of fused-ring (bicyclic) bond motifs is 8. The number of benzene rings is 2. The largest absolute Gasteiger partial charge is 0.648 e. The molecule has 3 nitrogen and oxygen atoms in total. The SMILES string of the molecule is Cc1cccc2c1N1B(Oc3ccc[n+](C)c31)c1ccccc1-2. The second-order valence-electron chi connectivity index (χ2n) is 6.21. The van der Waals surface area contributed by atoms with Gasteiger partial charge in [-0.05, 0) is 30.2 Å². The van der Waals surface area contributed by atoms with Crippen LogP contribution in [-0.2, 0) is 7.05 Å². The molecule has 0 N–H and O–H groups in total. The number of aryl methyl sites for hydroxylation is 2. The molecule has 0 radical (unpaired) electrons. The number of aromatic nitrogens is 1. The number of para-hydroxylation sites is 1. The Bertz CT molecular complexity index is 954. The molecule has 23 heavy (non-hydrogen) atoms. The molecule has 0 saturated heterocycles. The summed E-state index contributed by atoms with van der Waals surface area (Å²) in [6.45, 7) is 2.17. The van der Waals surface area contributed by atoms with Gasteiger partial charge in [0.1, 0.15) is 5.69 Å². The Balaban J connectivity index is 1.89. The van der Waals surface area contributed by atoms with E-state index in [1.807, 2.05) is 12.1 Å². The average molecular weight is 299 g/mol. The number of hydrogen-bond donors (Lipinski definition) is 0. The van der Waals surface area contributed by atoms with Crippen LogP contribution in [0.1, 0.15) is 5.56 Å². The van der Waals surface area contributed by atoms with Gasteiger partial charge in [0.25, 0.3) is 0 Å². The number of nitrogens with zero attached hydrogens (tertiary/aromatic N) is 2. The molecule has 3 aromatic rings. The zero-order chi connectivity index (χ0) is 15.6. The third-order valence-corrected chi connectivity index (χ3v) is 4.81. The summed E-state index contributed by atoms with van der Waals surface area (Å²) in [5.41, 5.74) is 6.28. The Kier molecular flexibility index (Phi) is 2.43. The van der Waals surface area contributed by atoms with Gasteiger partial charge < -0.3 is 4.65 Å². The van der Waals surface area contributed by atoms with Crippen LogP contribution in [0.15, 0.2) is 60.8 Å². The fourth-order valence-electron chi connectivity index (χ4n) is 3.82. The Morgan fingerprint density at radius 1 is 0.957 bits per heavy atom. The van der Waals surface area contributed by atoms with E-state index in [9.17, 15) is 0 Å². The lowest BCUT2D eigenvalue weighted by atomic mass is 9.64. The second kappa shape index (κ2) is 4.38. The van der Waals surface area contributed by atoms with Crippen LogP contribution in [-0.4, -0.2) is 7.05 Å². The van der Waals surface area contributed by atoms with Crippen molar-refractivity contribution in [3.05, 3.63) is 66.4 Å². The minimum atomic E-state index is -0.0941. The number of pyridine rings is 1. The van der Waals surface area contributed by atoms with Crippen molar-refractivity contribution in [2.75, 3.05) is 4.81 Å². The highest BCUT2D eigenvalue weighted by Crippen LogP contribution is 2.46. The van der Waals surface area contributed by atoms with E-state index in [-0.39, 0.29) is 7.05 Å². The van der Waals surface area contributed by atoms with Gasteiger partial charge in [0, 0.05) is 11.0 Å². The van der Waals surface area contributed by atoms with Crippen LogP contribution in [0.25, 0.3) is 11.1 Å². The van der Waals surface area contributed by atoms with Crippen molar-refractivity contribution in [2.24, 2.45) is 7.05 Å². The minimum absolute atomic E-state index is 0.0941. The molecule has 0 unspecified atom stereocenters. The van der Waals surface area contributed by atoms with Crippen LogP contribution >= 0.6 is 0 Å². The van der Waals surface area contributed by atoms with Crippen LogP contribution in [0.3, 0.4) is 0 Å². The molecule has 0 bridgehead atoms. The summed E-state index contributed by atoms with van der Waals surface area (Å²) in [4.78, 5) is 2.34. The van der Waals surface area contributed by atoms with E-state index in [0.717, 1.165) is 11.6 Å². The Labute approximate surface area is 135 Å². The number of anilines is 2. The number of hydrogen-bond acceptors (Lipinski definition) is 2. The lowest BCUT2D eigenvalue weighted by Gasteiger charge is -2.26. The standard InChI is InChI=1S/C19H16BN2O/c1-13-7-5-9-15-14-8-3-4-10-16(14)20-22(18(13)15)19-17(23-20)11-6-12-21(19)2/h3-12H,1-2H3/q+1. The maximum Gasteiger partial charge on any atom is 0.648 e. The highest BCUT2D eigenvalue weighted by Gasteiger charge is 2.54. The van der Waals surface area contributed by atoms with E-state index in [1.54, 1.807) is 0 Å². The normalized spacial score (nSPS) is 13.8. The maximum atomic E-state index is 6.34. The number of rotatable bonds is 0. The lowest BCUT2D eigenvalue weighted by Crippen LogP contribution is -2.52. The van der Waals surface area contributed by atoms with Crippen molar-refractivity contribution in [1.29, 1.82) is 0 Å². The topological polar surface area (TPSA) is 16.4 Å². The summed E-state index contributed by atoms with van der Waals surface area (Å²) < 4.78 is 8.47. The third-order valence-electron chi connectivity index (χ3n) is 4.81. The Morgan fingerprint density at radius 3 is 2.70 bits per heavy atom. The third kappa shape index (κ3) is 1.58. The molecule has 5 rings (SSSR count). The second-order valence-corrected chi connectivity index (χ2v) is 6.21. The van der Waals surface area contributed by atoms with Gasteiger partial charge in [0.05, 0.1) is 13.2 Å². The van der Waals surface area contributed by atoms with Gasteiger partial charge in [-0.15, -0.1) is 0 Å². The van der Waals surface area contributed by atoms with Gasteiger partial charge >= 0.3 is 12.9 Å².